The summed E-state index contributed by atoms with van der Waals surface area (Å²) in [5, 5.41) is 5.77. The largest absolute Gasteiger partial charge is 0.439 e. The second kappa shape index (κ2) is 10.8. The molecule has 0 radical (unpaired) electrons. The van der Waals surface area contributed by atoms with Crippen LogP contribution >= 0.6 is 0 Å². The number of aryl methyl sites for hydroxylation is 3. The number of hydrogen-bond donors (Lipinski definition) is 2. The average Bonchev–Trinajstić information content (AvgIpc) is 2.79. The summed E-state index contributed by atoms with van der Waals surface area (Å²) in [7, 11) is 0. The maximum atomic E-state index is 12.8. The Labute approximate surface area is 195 Å². The van der Waals surface area contributed by atoms with E-state index >= 15 is 0 Å². The number of carbonyl (C=O) groups is 2. The lowest BCUT2D eigenvalue weighted by atomic mass is 10.0. The molecule has 33 heavy (non-hydrogen) atoms. The minimum Gasteiger partial charge on any atom is -0.439 e. The summed E-state index contributed by atoms with van der Waals surface area (Å²) in [6.45, 7) is 9.99. The van der Waals surface area contributed by atoms with Gasteiger partial charge in [0.15, 0.2) is 0 Å². The Morgan fingerprint density at radius 3 is 2.39 bits per heavy atom. The Balaban J connectivity index is 1.59. The number of aromatic nitrogens is 1. The molecule has 0 spiro atoms. The molecule has 0 aliphatic heterocycles. The lowest BCUT2D eigenvalue weighted by molar-refractivity contribution is -0.124. The number of hydrogen-bond acceptors (Lipinski definition) is 4. The van der Waals surface area contributed by atoms with E-state index in [1.807, 2.05) is 77.1 Å². The molecule has 1 aromatic heterocycles. The van der Waals surface area contributed by atoms with E-state index < -0.39 is 6.04 Å². The lowest BCUT2D eigenvalue weighted by Crippen LogP contribution is -2.49. The van der Waals surface area contributed by atoms with Crippen LogP contribution in [0.4, 0.5) is 0 Å². The van der Waals surface area contributed by atoms with Gasteiger partial charge in [-0.2, -0.15) is 0 Å². The summed E-state index contributed by atoms with van der Waals surface area (Å²) >= 11 is 0. The zero-order chi connectivity index (χ0) is 24.0. The molecule has 0 saturated heterocycles. The molecule has 6 heteroatoms. The minimum atomic E-state index is -0.642. The van der Waals surface area contributed by atoms with Gasteiger partial charge in [0.25, 0.3) is 5.91 Å². The Hall–Kier alpha value is -3.67. The predicted molar refractivity (Wildman–Crippen MR) is 129 cm³/mol. The van der Waals surface area contributed by atoms with Gasteiger partial charge in [-0.15, -0.1) is 0 Å². The summed E-state index contributed by atoms with van der Waals surface area (Å²) in [5.74, 6) is 0.709. The number of rotatable bonds is 8. The third kappa shape index (κ3) is 6.42. The Morgan fingerprint density at radius 1 is 0.970 bits per heavy atom. The van der Waals surface area contributed by atoms with Gasteiger partial charge in [0, 0.05) is 24.4 Å². The molecule has 6 nitrogen and oxygen atoms in total. The number of pyridine rings is 1. The minimum absolute atomic E-state index is 0.0653. The van der Waals surface area contributed by atoms with Crippen molar-refractivity contribution in [3.8, 4) is 11.6 Å². The fourth-order valence-corrected chi connectivity index (χ4v) is 3.39. The topological polar surface area (TPSA) is 80.3 Å². The number of ether oxygens (including phenoxy) is 1. The van der Waals surface area contributed by atoms with Gasteiger partial charge in [-0.05, 0) is 61.1 Å². The summed E-state index contributed by atoms with van der Waals surface area (Å²) < 4.78 is 5.89. The molecule has 2 N–H and O–H groups in total. The summed E-state index contributed by atoms with van der Waals surface area (Å²) in [6, 6.07) is 16.4. The van der Waals surface area contributed by atoms with E-state index in [9.17, 15) is 9.59 Å². The molecular weight excluding hydrogens is 414 g/mol. The van der Waals surface area contributed by atoms with E-state index in [0.29, 0.717) is 18.0 Å². The number of benzene rings is 2. The molecule has 172 valence electrons. The predicted octanol–water partition coefficient (Wildman–Crippen LogP) is 4.87. The first-order valence-corrected chi connectivity index (χ1v) is 11.1. The molecule has 0 saturated carbocycles. The highest BCUT2D eigenvalue weighted by molar-refractivity contribution is 5.98. The SMILES string of the molecule is Cc1ccc(C)c(Oc2ccc(CNC(=O)C(NC(=O)c3ccccc3C)C(C)C)cn2)c1. The van der Waals surface area contributed by atoms with Crippen LogP contribution in [0.25, 0.3) is 0 Å². The maximum absolute atomic E-state index is 12.8. The van der Waals surface area contributed by atoms with E-state index in [0.717, 1.165) is 28.0 Å². The average molecular weight is 446 g/mol. The van der Waals surface area contributed by atoms with Gasteiger partial charge >= 0.3 is 0 Å². The van der Waals surface area contributed by atoms with Crippen molar-refractivity contribution in [3.63, 3.8) is 0 Å². The Kier molecular flexibility index (Phi) is 7.83. The smallest absolute Gasteiger partial charge is 0.252 e. The number of nitrogens with one attached hydrogen (secondary N) is 2. The van der Waals surface area contributed by atoms with Crippen molar-refractivity contribution in [2.75, 3.05) is 0 Å². The molecule has 3 aromatic rings. The molecule has 2 aromatic carbocycles. The number of nitrogens with zero attached hydrogens (tertiary/aromatic N) is 1. The van der Waals surface area contributed by atoms with E-state index in [4.69, 9.17) is 4.74 Å². The van der Waals surface area contributed by atoms with Crippen molar-refractivity contribution in [2.24, 2.45) is 5.92 Å². The molecule has 3 rings (SSSR count). The summed E-state index contributed by atoms with van der Waals surface area (Å²) in [5.41, 5.74) is 4.42. The molecule has 1 heterocycles. The van der Waals surface area contributed by atoms with Gasteiger partial charge in [-0.3, -0.25) is 9.59 Å². The van der Waals surface area contributed by atoms with Crippen LogP contribution in [0.15, 0.2) is 60.8 Å². The van der Waals surface area contributed by atoms with Crippen LogP contribution in [-0.4, -0.2) is 22.8 Å². The van der Waals surface area contributed by atoms with Gasteiger partial charge in [0.05, 0.1) is 0 Å². The van der Waals surface area contributed by atoms with Crippen molar-refractivity contribution in [1.29, 1.82) is 0 Å². The first-order valence-electron chi connectivity index (χ1n) is 11.1. The van der Waals surface area contributed by atoms with Crippen molar-refractivity contribution in [2.45, 2.75) is 47.2 Å². The Morgan fingerprint density at radius 2 is 1.73 bits per heavy atom. The summed E-state index contributed by atoms with van der Waals surface area (Å²) in [4.78, 5) is 29.8. The normalized spacial score (nSPS) is 11.7. The van der Waals surface area contributed by atoms with Crippen LogP contribution in [0.3, 0.4) is 0 Å². The van der Waals surface area contributed by atoms with Gasteiger partial charge in [-0.25, -0.2) is 4.98 Å². The van der Waals surface area contributed by atoms with E-state index in [-0.39, 0.29) is 17.7 Å². The second-order valence-electron chi connectivity index (χ2n) is 8.60. The fourth-order valence-electron chi connectivity index (χ4n) is 3.39. The van der Waals surface area contributed by atoms with Crippen molar-refractivity contribution in [1.82, 2.24) is 15.6 Å². The highest BCUT2D eigenvalue weighted by atomic mass is 16.5. The third-order valence-corrected chi connectivity index (χ3v) is 5.45. The van der Waals surface area contributed by atoms with Crippen LogP contribution in [0.2, 0.25) is 0 Å². The standard InChI is InChI=1S/C27H31N3O3/c1-17(2)25(30-26(31)22-9-7-6-8-19(22)4)27(32)29-16-21-12-13-24(28-15-21)33-23-14-18(3)10-11-20(23)5/h6-15,17,25H,16H2,1-5H3,(H,29,32)(H,30,31). The van der Waals surface area contributed by atoms with Gasteiger partial charge < -0.3 is 15.4 Å². The van der Waals surface area contributed by atoms with E-state index in [2.05, 4.69) is 15.6 Å². The molecule has 0 bridgehead atoms. The van der Waals surface area contributed by atoms with Crippen LogP contribution < -0.4 is 15.4 Å². The highest BCUT2D eigenvalue weighted by Crippen LogP contribution is 2.24. The van der Waals surface area contributed by atoms with Crippen molar-refractivity contribution < 1.29 is 14.3 Å². The zero-order valence-corrected chi connectivity index (χ0v) is 19.8. The van der Waals surface area contributed by atoms with Gasteiger partial charge in [0.1, 0.15) is 11.8 Å². The first kappa shape index (κ1) is 24.0. The molecular formula is C27H31N3O3. The molecule has 2 amide bonds. The van der Waals surface area contributed by atoms with Crippen LogP contribution in [0.1, 0.15) is 46.5 Å². The maximum Gasteiger partial charge on any atom is 0.252 e. The van der Waals surface area contributed by atoms with Crippen molar-refractivity contribution in [3.05, 3.63) is 88.6 Å². The van der Waals surface area contributed by atoms with Crippen LogP contribution in [0, 0.1) is 26.7 Å². The van der Waals surface area contributed by atoms with Gasteiger partial charge in [-0.1, -0.05) is 50.2 Å². The fraction of sp³-hybridized carbons (Fsp3) is 0.296. The molecule has 0 fully saturated rings. The van der Waals surface area contributed by atoms with E-state index in [1.54, 1.807) is 18.3 Å². The van der Waals surface area contributed by atoms with Gasteiger partial charge in [0.2, 0.25) is 11.8 Å². The lowest BCUT2D eigenvalue weighted by Gasteiger charge is -2.22. The molecule has 0 aliphatic carbocycles. The van der Waals surface area contributed by atoms with E-state index in [1.165, 1.54) is 0 Å². The Bertz CT molecular complexity index is 1120. The zero-order valence-electron chi connectivity index (χ0n) is 19.8. The molecule has 1 atom stereocenters. The molecule has 1 unspecified atom stereocenters. The first-order chi connectivity index (χ1) is 15.7. The quantitative estimate of drug-likeness (QED) is 0.518. The molecule has 0 aliphatic rings. The monoisotopic (exact) mass is 445 g/mol. The van der Waals surface area contributed by atoms with Crippen LogP contribution in [0.5, 0.6) is 11.6 Å². The third-order valence-electron chi connectivity index (χ3n) is 5.45. The number of amides is 2. The number of carbonyl (C=O) groups excluding carboxylic acids is 2. The van der Waals surface area contributed by atoms with Crippen LogP contribution in [-0.2, 0) is 11.3 Å². The highest BCUT2D eigenvalue weighted by Gasteiger charge is 2.25. The second-order valence-corrected chi connectivity index (χ2v) is 8.60. The van der Waals surface area contributed by atoms with Crippen molar-refractivity contribution >= 4 is 11.8 Å². The summed E-state index contributed by atoms with van der Waals surface area (Å²) in [6.07, 6.45) is 1.68.